The van der Waals surface area contributed by atoms with Crippen LogP contribution in [0.2, 0.25) is 0 Å². The highest BCUT2D eigenvalue weighted by Gasteiger charge is 2.35. The molecule has 2 atom stereocenters. The number of halogens is 1. The summed E-state index contributed by atoms with van der Waals surface area (Å²) in [5.41, 5.74) is 3.47. The van der Waals surface area contributed by atoms with Gasteiger partial charge in [0.15, 0.2) is 5.11 Å². The van der Waals surface area contributed by atoms with E-state index in [1.807, 2.05) is 42.2 Å². The van der Waals surface area contributed by atoms with Gasteiger partial charge in [-0.2, -0.15) is 4.98 Å². The Kier molecular flexibility index (Phi) is 5.71. The summed E-state index contributed by atoms with van der Waals surface area (Å²) >= 11 is 5.71. The molecule has 2 aliphatic rings. The van der Waals surface area contributed by atoms with Gasteiger partial charge >= 0.3 is 0 Å². The lowest BCUT2D eigenvalue weighted by atomic mass is 9.94. The van der Waals surface area contributed by atoms with E-state index in [9.17, 15) is 4.39 Å². The van der Waals surface area contributed by atoms with Crippen molar-refractivity contribution in [1.82, 2.24) is 20.4 Å². The minimum Gasteiger partial charge on any atom is -0.376 e. The average molecular weight is 451 g/mol. The van der Waals surface area contributed by atoms with Gasteiger partial charge < -0.3 is 19.5 Å². The number of nitrogens with zero attached hydrogens (tertiary/aromatic N) is 3. The molecule has 0 spiro atoms. The van der Waals surface area contributed by atoms with Crippen LogP contribution in [0.5, 0.6) is 0 Å². The van der Waals surface area contributed by atoms with Crippen LogP contribution in [0.25, 0.3) is 17.0 Å². The Labute approximate surface area is 191 Å². The molecule has 0 aliphatic carbocycles. The molecular formula is C24H23FN4O2S. The molecule has 0 radical (unpaired) electrons. The number of hydrogen-bond acceptors (Lipinski definition) is 5. The molecule has 2 aliphatic heterocycles. The first-order chi connectivity index (χ1) is 15.6. The van der Waals surface area contributed by atoms with E-state index < -0.39 is 0 Å². The van der Waals surface area contributed by atoms with E-state index in [-0.39, 0.29) is 18.0 Å². The van der Waals surface area contributed by atoms with Gasteiger partial charge in [0.05, 0.1) is 24.3 Å². The summed E-state index contributed by atoms with van der Waals surface area (Å²) in [6, 6.07) is 15.7. The van der Waals surface area contributed by atoms with Gasteiger partial charge in [0.2, 0.25) is 5.82 Å². The van der Waals surface area contributed by atoms with Crippen molar-refractivity contribution in [2.24, 2.45) is 0 Å². The average Bonchev–Trinajstić information content (AvgIpc) is 3.50. The number of ether oxygens (including phenoxy) is 1. The van der Waals surface area contributed by atoms with Crippen molar-refractivity contribution in [2.75, 3.05) is 13.2 Å². The van der Waals surface area contributed by atoms with Gasteiger partial charge in [0, 0.05) is 17.9 Å². The number of allylic oxidation sites excluding steroid dienone is 1. The predicted octanol–water partition coefficient (Wildman–Crippen LogP) is 4.72. The van der Waals surface area contributed by atoms with Gasteiger partial charge in [0.25, 0.3) is 5.89 Å². The first-order valence-corrected chi connectivity index (χ1v) is 11.1. The smallest absolute Gasteiger partial charge is 0.258 e. The van der Waals surface area contributed by atoms with Crippen molar-refractivity contribution in [1.29, 1.82) is 0 Å². The van der Waals surface area contributed by atoms with E-state index in [4.69, 9.17) is 21.5 Å². The van der Waals surface area contributed by atoms with Crippen molar-refractivity contribution >= 4 is 22.9 Å². The fourth-order valence-corrected chi connectivity index (χ4v) is 4.54. The predicted molar refractivity (Wildman–Crippen MR) is 123 cm³/mol. The Balaban J connectivity index is 1.57. The van der Waals surface area contributed by atoms with Crippen molar-refractivity contribution in [3.05, 3.63) is 77.6 Å². The highest BCUT2D eigenvalue weighted by atomic mass is 32.1. The second-order valence-electron chi connectivity index (χ2n) is 7.97. The molecule has 5 rings (SSSR count). The van der Waals surface area contributed by atoms with Crippen LogP contribution in [-0.4, -0.2) is 39.4 Å². The summed E-state index contributed by atoms with van der Waals surface area (Å²) < 4.78 is 25.1. The Morgan fingerprint density at radius 2 is 1.94 bits per heavy atom. The molecule has 0 amide bonds. The summed E-state index contributed by atoms with van der Waals surface area (Å²) in [6.45, 7) is 3.42. The molecule has 6 nitrogen and oxygen atoms in total. The highest BCUT2D eigenvalue weighted by Crippen LogP contribution is 2.37. The molecule has 8 heteroatoms. The second kappa shape index (κ2) is 8.80. The molecule has 2 unspecified atom stereocenters. The van der Waals surface area contributed by atoms with E-state index in [0.717, 1.165) is 41.8 Å². The first-order valence-electron chi connectivity index (χ1n) is 10.7. The summed E-state index contributed by atoms with van der Waals surface area (Å²) in [5.74, 6) is 0.624. The largest absolute Gasteiger partial charge is 0.376 e. The molecule has 164 valence electrons. The molecule has 3 heterocycles. The third kappa shape index (κ3) is 4.03. The first kappa shape index (κ1) is 20.8. The molecule has 0 saturated carbocycles. The zero-order valence-electron chi connectivity index (χ0n) is 17.6. The number of rotatable bonds is 5. The standard InChI is InChI=1S/C24H23FN4O2S/c1-15-20(23-27-22(28-31-23)17-6-3-2-4-7-17)21(16-9-11-18(25)12-10-16)26-24(32)29(15)14-19-8-5-13-30-19/h2-4,6-7,9-12,19,21H,5,8,13-14H2,1H3,(H,26,32). The third-order valence-corrected chi connectivity index (χ3v) is 6.24. The van der Waals surface area contributed by atoms with Crippen LogP contribution in [-0.2, 0) is 4.74 Å². The van der Waals surface area contributed by atoms with Gasteiger partial charge in [-0.3, -0.25) is 0 Å². The zero-order valence-corrected chi connectivity index (χ0v) is 18.4. The minimum absolute atomic E-state index is 0.121. The quantitative estimate of drug-likeness (QED) is 0.565. The third-order valence-electron chi connectivity index (χ3n) is 5.90. The summed E-state index contributed by atoms with van der Waals surface area (Å²) in [5, 5.41) is 8.20. The zero-order chi connectivity index (χ0) is 22.1. The van der Waals surface area contributed by atoms with Gasteiger partial charge in [-0.1, -0.05) is 47.6 Å². The molecule has 1 N–H and O–H groups in total. The maximum Gasteiger partial charge on any atom is 0.258 e. The van der Waals surface area contributed by atoms with Crippen LogP contribution < -0.4 is 5.32 Å². The monoisotopic (exact) mass is 450 g/mol. The molecule has 2 aromatic carbocycles. The maximum atomic E-state index is 13.6. The molecule has 0 bridgehead atoms. The van der Waals surface area contributed by atoms with Crippen molar-refractivity contribution in [3.8, 4) is 11.4 Å². The van der Waals surface area contributed by atoms with Crippen molar-refractivity contribution < 1.29 is 13.7 Å². The van der Waals surface area contributed by atoms with Gasteiger partial charge in [-0.25, -0.2) is 4.39 Å². The lowest BCUT2D eigenvalue weighted by molar-refractivity contribution is 0.0962. The van der Waals surface area contributed by atoms with E-state index in [1.165, 1.54) is 12.1 Å². The number of aromatic nitrogens is 2. The summed E-state index contributed by atoms with van der Waals surface area (Å²) in [7, 11) is 0. The summed E-state index contributed by atoms with van der Waals surface area (Å²) in [4.78, 5) is 6.72. The maximum absolute atomic E-state index is 13.6. The molecule has 32 heavy (non-hydrogen) atoms. The Hall–Kier alpha value is -3.10. The fourth-order valence-electron chi connectivity index (χ4n) is 4.21. The summed E-state index contributed by atoms with van der Waals surface area (Å²) in [6.07, 6.45) is 2.18. The Morgan fingerprint density at radius 3 is 2.66 bits per heavy atom. The SMILES string of the molecule is CC1=C(c2nc(-c3ccccc3)no2)C(c2ccc(F)cc2)NC(=S)N1CC1CCCO1. The van der Waals surface area contributed by atoms with Crippen molar-refractivity contribution in [2.45, 2.75) is 31.9 Å². The molecule has 1 aromatic heterocycles. The van der Waals surface area contributed by atoms with Gasteiger partial charge in [-0.15, -0.1) is 0 Å². The van der Waals surface area contributed by atoms with Gasteiger partial charge in [-0.05, 0) is 49.7 Å². The molecule has 3 aromatic rings. The molecule has 1 saturated heterocycles. The number of thiocarbonyl (C=S) groups is 1. The van der Waals surface area contributed by atoms with Crippen LogP contribution in [0, 0.1) is 5.82 Å². The van der Waals surface area contributed by atoms with Crippen LogP contribution >= 0.6 is 12.2 Å². The van der Waals surface area contributed by atoms with E-state index in [1.54, 1.807) is 12.1 Å². The highest BCUT2D eigenvalue weighted by molar-refractivity contribution is 7.80. The van der Waals surface area contributed by atoms with Crippen molar-refractivity contribution in [3.63, 3.8) is 0 Å². The fraction of sp³-hybridized carbons (Fsp3) is 0.292. The topological polar surface area (TPSA) is 63.4 Å². The minimum atomic E-state index is -0.340. The van der Waals surface area contributed by atoms with Crippen LogP contribution in [0.3, 0.4) is 0 Å². The van der Waals surface area contributed by atoms with Crippen LogP contribution in [0.4, 0.5) is 4.39 Å². The normalized spacial score (nSPS) is 21.2. The Bertz CT molecular complexity index is 1140. The van der Waals surface area contributed by atoms with Crippen LogP contribution in [0.15, 0.2) is 64.8 Å². The lowest BCUT2D eigenvalue weighted by Gasteiger charge is -2.38. The van der Waals surface area contributed by atoms with E-state index in [2.05, 4.69) is 15.5 Å². The number of nitrogens with one attached hydrogen (secondary N) is 1. The van der Waals surface area contributed by atoms with Crippen LogP contribution in [0.1, 0.15) is 37.3 Å². The molecule has 1 fully saturated rings. The second-order valence-corrected chi connectivity index (χ2v) is 8.35. The number of benzene rings is 2. The number of hydrogen-bond donors (Lipinski definition) is 1. The lowest BCUT2D eigenvalue weighted by Crippen LogP contribution is -2.48. The van der Waals surface area contributed by atoms with Gasteiger partial charge in [0.1, 0.15) is 5.82 Å². The van der Waals surface area contributed by atoms with E-state index >= 15 is 0 Å². The van der Waals surface area contributed by atoms with E-state index in [0.29, 0.717) is 23.4 Å². The molecular weight excluding hydrogens is 427 g/mol. The Morgan fingerprint density at radius 1 is 1.16 bits per heavy atom.